The molecule has 0 aromatic heterocycles. The van der Waals surface area contributed by atoms with Crippen LogP contribution in [0.1, 0.15) is 11.1 Å². The van der Waals surface area contributed by atoms with E-state index in [1.807, 2.05) is 18.2 Å². The molecule has 0 N–H and O–H groups in total. The maximum Gasteiger partial charge on any atom is 0.416 e. The molecule has 34 heavy (non-hydrogen) atoms. The molecule has 3 atom stereocenters. The average molecular weight is 464 g/mol. The first-order chi connectivity index (χ1) is 16.3. The van der Waals surface area contributed by atoms with Gasteiger partial charge in [-0.05, 0) is 42.0 Å². The normalized spacial score (nSPS) is 22.6. The Labute approximate surface area is 193 Å². The molecule has 5 rings (SSSR count). The van der Waals surface area contributed by atoms with Crippen molar-refractivity contribution >= 4 is 29.3 Å². The van der Waals surface area contributed by atoms with Crippen molar-refractivity contribution in [3.63, 3.8) is 0 Å². The molecule has 172 valence electrons. The van der Waals surface area contributed by atoms with E-state index in [1.165, 1.54) is 17.2 Å². The van der Waals surface area contributed by atoms with Crippen molar-refractivity contribution in [2.24, 2.45) is 5.92 Å². The Morgan fingerprint density at radius 3 is 1.94 bits per heavy atom. The highest BCUT2D eigenvalue weighted by Gasteiger charge is 2.59. The number of nitrogens with zero attached hydrogens (tertiary/aromatic N) is 2. The van der Waals surface area contributed by atoms with Crippen LogP contribution in [0.5, 0.6) is 0 Å². The first-order valence-electron chi connectivity index (χ1n) is 10.6. The van der Waals surface area contributed by atoms with E-state index in [2.05, 4.69) is 0 Å². The summed E-state index contributed by atoms with van der Waals surface area (Å²) in [4.78, 5) is 33.7. The van der Waals surface area contributed by atoms with Gasteiger partial charge in [-0.25, -0.2) is 9.96 Å². The predicted octanol–water partition coefficient (Wildman–Crippen LogP) is 5.10. The monoisotopic (exact) mass is 464 g/mol. The van der Waals surface area contributed by atoms with Crippen molar-refractivity contribution in [2.45, 2.75) is 18.3 Å². The van der Waals surface area contributed by atoms with Gasteiger partial charge in [-0.15, -0.1) is 0 Å². The Kier molecular flexibility index (Phi) is 5.45. The predicted molar refractivity (Wildman–Crippen MR) is 120 cm³/mol. The van der Waals surface area contributed by atoms with Crippen LogP contribution >= 0.6 is 0 Å². The van der Waals surface area contributed by atoms with Crippen LogP contribution in [-0.4, -0.2) is 24.0 Å². The number of rotatable bonds is 4. The molecule has 0 aliphatic carbocycles. The molecule has 2 saturated heterocycles. The van der Waals surface area contributed by atoms with E-state index in [9.17, 15) is 22.8 Å². The lowest BCUT2D eigenvalue weighted by Gasteiger charge is -2.26. The number of carbonyl (C=O) groups excluding carboxylic acids is 2. The van der Waals surface area contributed by atoms with Crippen LogP contribution < -0.4 is 9.96 Å². The molecule has 5 nitrogen and oxygen atoms in total. The van der Waals surface area contributed by atoms with Crippen LogP contribution in [0.3, 0.4) is 0 Å². The second-order valence-electron chi connectivity index (χ2n) is 8.03. The third-order valence-corrected chi connectivity index (χ3v) is 5.91. The minimum atomic E-state index is -4.42. The number of halogens is 3. The van der Waals surface area contributed by atoms with Crippen molar-refractivity contribution < 1.29 is 27.6 Å². The fourth-order valence-electron chi connectivity index (χ4n) is 4.27. The largest absolute Gasteiger partial charge is 0.416 e. The van der Waals surface area contributed by atoms with Gasteiger partial charge in [0.15, 0.2) is 6.10 Å². The van der Waals surface area contributed by atoms with Crippen molar-refractivity contribution in [3.05, 3.63) is 102 Å². The number of carbonyl (C=O) groups is 2. The molecule has 0 radical (unpaired) electrons. The van der Waals surface area contributed by atoms with Crippen molar-refractivity contribution in [2.75, 3.05) is 9.96 Å². The van der Waals surface area contributed by atoms with Gasteiger partial charge in [-0.2, -0.15) is 13.2 Å². The van der Waals surface area contributed by atoms with E-state index in [1.54, 1.807) is 54.6 Å². The highest BCUT2D eigenvalue weighted by Crippen LogP contribution is 2.41. The first-order valence-corrected chi connectivity index (χ1v) is 10.6. The number of fused-ring (bicyclic) bond motifs is 1. The SMILES string of the molecule is O=C1C2ON(c3ccccc3)C(/C=C/c3ccc(C(F)(F)F)cc3)C2C(=O)N1c1ccccc1. The van der Waals surface area contributed by atoms with Gasteiger partial charge in [-0.1, -0.05) is 60.7 Å². The lowest BCUT2D eigenvalue weighted by molar-refractivity contribution is -0.137. The second kappa shape index (κ2) is 8.46. The molecule has 2 aliphatic rings. The van der Waals surface area contributed by atoms with Gasteiger partial charge < -0.3 is 0 Å². The number of anilines is 2. The fraction of sp³-hybridized carbons (Fsp3) is 0.154. The summed E-state index contributed by atoms with van der Waals surface area (Å²) >= 11 is 0. The molecular weight excluding hydrogens is 445 g/mol. The number of hydrogen-bond acceptors (Lipinski definition) is 4. The third-order valence-electron chi connectivity index (χ3n) is 5.91. The molecule has 2 heterocycles. The molecule has 3 unspecified atom stereocenters. The molecule has 3 aromatic rings. The lowest BCUT2D eigenvalue weighted by atomic mass is 9.95. The minimum absolute atomic E-state index is 0.387. The quantitative estimate of drug-likeness (QED) is 0.505. The molecule has 2 aliphatic heterocycles. The molecule has 8 heteroatoms. The van der Waals surface area contributed by atoms with Gasteiger partial charge >= 0.3 is 6.18 Å². The number of hydroxylamine groups is 1. The summed E-state index contributed by atoms with van der Waals surface area (Å²) in [5, 5.41) is 1.52. The highest BCUT2D eigenvalue weighted by molar-refractivity contribution is 6.24. The lowest BCUT2D eigenvalue weighted by Crippen LogP contribution is -2.39. The third kappa shape index (κ3) is 3.86. The first kappa shape index (κ1) is 21.9. The molecule has 0 saturated carbocycles. The zero-order valence-corrected chi connectivity index (χ0v) is 17.7. The van der Waals surface area contributed by atoms with Crippen LogP contribution in [0.15, 0.2) is 91.0 Å². The zero-order valence-electron chi connectivity index (χ0n) is 17.7. The van der Waals surface area contributed by atoms with Crippen LogP contribution in [0.4, 0.5) is 24.5 Å². The fourth-order valence-corrected chi connectivity index (χ4v) is 4.27. The van der Waals surface area contributed by atoms with Crippen LogP contribution in [0.25, 0.3) is 6.08 Å². The van der Waals surface area contributed by atoms with Crippen LogP contribution in [-0.2, 0) is 20.6 Å². The number of imide groups is 1. The van der Waals surface area contributed by atoms with Gasteiger partial charge in [0, 0.05) is 0 Å². The van der Waals surface area contributed by atoms with E-state index >= 15 is 0 Å². The summed E-state index contributed by atoms with van der Waals surface area (Å²) in [5.74, 6) is -1.65. The van der Waals surface area contributed by atoms with E-state index in [0.29, 0.717) is 16.9 Å². The topological polar surface area (TPSA) is 49.9 Å². The van der Waals surface area contributed by atoms with E-state index in [-0.39, 0.29) is 5.91 Å². The standard InChI is InChI=1S/C26H19F3N2O3/c27-26(28,29)18-14-11-17(12-15-18)13-16-21-22-23(34-31(21)20-9-5-2-6-10-20)25(33)30(24(22)32)19-7-3-1-4-8-19/h1-16,21-23H/b16-13+. The number of benzene rings is 3. The average Bonchev–Trinajstić information content (AvgIpc) is 3.34. The molecule has 0 bridgehead atoms. The molecule has 2 amide bonds. The number of alkyl halides is 3. The van der Waals surface area contributed by atoms with Crippen molar-refractivity contribution in [3.8, 4) is 0 Å². The number of hydrogen-bond donors (Lipinski definition) is 0. The molecule has 0 spiro atoms. The van der Waals surface area contributed by atoms with E-state index in [4.69, 9.17) is 4.84 Å². The maximum atomic E-state index is 13.4. The Hall–Kier alpha value is -3.91. The van der Waals surface area contributed by atoms with Gasteiger partial charge in [0.05, 0.1) is 23.0 Å². The van der Waals surface area contributed by atoms with Crippen molar-refractivity contribution in [1.29, 1.82) is 0 Å². The summed E-state index contributed by atoms with van der Waals surface area (Å²) in [6, 6.07) is 21.8. The zero-order chi connectivity index (χ0) is 23.9. The van der Waals surface area contributed by atoms with Gasteiger partial charge in [0.1, 0.15) is 5.92 Å². The van der Waals surface area contributed by atoms with Crippen LogP contribution in [0.2, 0.25) is 0 Å². The Morgan fingerprint density at radius 1 is 0.765 bits per heavy atom. The summed E-state index contributed by atoms with van der Waals surface area (Å²) in [6.45, 7) is 0. The number of amides is 2. The maximum absolute atomic E-state index is 13.4. The van der Waals surface area contributed by atoms with E-state index < -0.39 is 35.7 Å². The number of para-hydroxylation sites is 2. The Morgan fingerprint density at radius 2 is 1.35 bits per heavy atom. The van der Waals surface area contributed by atoms with Gasteiger partial charge in [0.2, 0.25) is 5.91 Å². The summed E-state index contributed by atoms with van der Waals surface area (Å²) < 4.78 is 38.6. The highest BCUT2D eigenvalue weighted by atomic mass is 19.4. The molecule has 2 fully saturated rings. The van der Waals surface area contributed by atoms with E-state index in [0.717, 1.165) is 17.0 Å². The van der Waals surface area contributed by atoms with Gasteiger partial charge in [0.25, 0.3) is 5.91 Å². The Balaban J connectivity index is 1.48. The van der Waals surface area contributed by atoms with Gasteiger partial charge in [-0.3, -0.25) is 14.4 Å². The Bertz CT molecular complexity index is 1230. The molecular formula is C26H19F3N2O3. The summed E-state index contributed by atoms with van der Waals surface area (Å²) in [7, 11) is 0. The summed E-state index contributed by atoms with van der Waals surface area (Å²) in [6.07, 6.45) is -2.10. The minimum Gasteiger partial charge on any atom is -0.273 e. The second-order valence-corrected chi connectivity index (χ2v) is 8.03. The molecule has 3 aromatic carbocycles. The van der Waals surface area contributed by atoms with Crippen molar-refractivity contribution in [1.82, 2.24) is 0 Å². The summed E-state index contributed by atoms with van der Waals surface area (Å²) in [5.41, 5.74) is 0.911. The van der Waals surface area contributed by atoms with Crippen LogP contribution in [0, 0.1) is 5.92 Å². The smallest absolute Gasteiger partial charge is 0.273 e.